The maximum absolute atomic E-state index is 2.61. The summed E-state index contributed by atoms with van der Waals surface area (Å²) in [6.07, 6.45) is 5.32. The summed E-state index contributed by atoms with van der Waals surface area (Å²) in [6.45, 7) is 15.2. The van der Waals surface area contributed by atoms with E-state index in [0.717, 1.165) is 6.54 Å². The maximum atomic E-state index is 2.61. The summed E-state index contributed by atoms with van der Waals surface area (Å²) in [7, 11) is 0. The van der Waals surface area contributed by atoms with Crippen molar-refractivity contribution in [2.45, 2.75) is 65.7 Å². The van der Waals surface area contributed by atoms with Gasteiger partial charge < -0.3 is 0 Å². The van der Waals surface area contributed by atoms with Gasteiger partial charge in [-0.3, -0.25) is 4.90 Å². The molecule has 0 radical (unpaired) electrons. The summed E-state index contributed by atoms with van der Waals surface area (Å²) in [4.78, 5) is 2.61. The molecule has 22 heavy (non-hydrogen) atoms. The van der Waals surface area contributed by atoms with Crippen molar-refractivity contribution >= 4 is 5.57 Å². The zero-order valence-electron chi connectivity index (χ0n) is 15.2. The van der Waals surface area contributed by atoms with E-state index in [-0.39, 0.29) is 5.41 Å². The molecule has 0 N–H and O–H groups in total. The predicted octanol–water partition coefficient (Wildman–Crippen LogP) is 5.65. The van der Waals surface area contributed by atoms with Gasteiger partial charge in [-0.2, -0.15) is 0 Å². The van der Waals surface area contributed by atoms with Crippen LogP contribution >= 0.6 is 0 Å². The Morgan fingerprint density at radius 1 is 1.00 bits per heavy atom. The summed E-state index contributed by atoms with van der Waals surface area (Å²) in [6, 6.07) is 9.25. The van der Waals surface area contributed by atoms with Crippen LogP contribution in [0.4, 0.5) is 0 Å². The van der Waals surface area contributed by atoms with E-state index >= 15 is 0 Å². The highest BCUT2D eigenvalue weighted by atomic mass is 15.1. The highest BCUT2D eigenvalue weighted by molar-refractivity contribution is 5.67. The summed E-state index contributed by atoms with van der Waals surface area (Å²) in [5.41, 5.74) is 6.07. The molecule has 0 unspecified atom stereocenters. The van der Waals surface area contributed by atoms with E-state index in [2.05, 4.69) is 63.8 Å². The van der Waals surface area contributed by atoms with E-state index in [1.54, 1.807) is 0 Å². The van der Waals surface area contributed by atoms with E-state index in [0.29, 0.717) is 0 Å². The minimum Gasteiger partial charge on any atom is -0.299 e. The molecule has 0 spiro atoms. The lowest BCUT2D eigenvalue weighted by Gasteiger charge is -2.27. The Bertz CT molecular complexity index is 501. The Morgan fingerprint density at radius 2 is 1.59 bits per heavy atom. The normalized spacial score (nSPS) is 18.2. The fourth-order valence-corrected chi connectivity index (χ4v) is 3.19. The number of hydrogen-bond donors (Lipinski definition) is 0. The molecule has 1 heterocycles. The number of likely N-dealkylation sites (tertiary alicyclic amines) is 1. The standard InChI is InChI=1S/C21H33N/c1-6-21(4,5)20-12-10-19(11-13-20)18(3)17(2)16-22-14-8-7-9-15-22/h10-13H,6-9,14-16H2,1-5H3. The van der Waals surface area contributed by atoms with Crippen LogP contribution in [0.3, 0.4) is 0 Å². The van der Waals surface area contributed by atoms with Gasteiger partial charge >= 0.3 is 0 Å². The first kappa shape index (κ1) is 17.3. The monoisotopic (exact) mass is 299 g/mol. The van der Waals surface area contributed by atoms with Crippen molar-refractivity contribution in [3.63, 3.8) is 0 Å². The molecule has 1 aliphatic rings. The molecule has 1 aromatic rings. The van der Waals surface area contributed by atoms with Crippen LogP contribution < -0.4 is 0 Å². The van der Waals surface area contributed by atoms with Gasteiger partial charge in [0.15, 0.2) is 0 Å². The molecular formula is C21H33N. The van der Waals surface area contributed by atoms with E-state index in [1.165, 1.54) is 61.0 Å². The Hall–Kier alpha value is -1.08. The van der Waals surface area contributed by atoms with Gasteiger partial charge in [0.25, 0.3) is 0 Å². The lowest BCUT2D eigenvalue weighted by Crippen LogP contribution is -2.31. The van der Waals surface area contributed by atoms with Crippen LogP contribution in [-0.4, -0.2) is 24.5 Å². The van der Waals surface area contributed by atoms with Crippen LogP contribution in [0.15, 0.2) is 29.8 Å². The van der Waals surface area contributed by atoms with Crippen LogP contribution in [0.1, 0.15) is 71.4 Å². The topological polar surface area (TPSA) is 3.24 Å². The van der Waals surface area contributed by atoms with E-state index in [4.69, 9.17) is 0 Å². The summed E-state index contributed by atoms with van der Waals surface area (Å²) in [5, 5.41) is 0. The molecule has 1 fully saturated rings. The molecule has 2 rings (SSSR count). The molecule has 122 valence electrons. The van der Waals surface area contributed by atoms with E-state index in [9.17, 15) is 0 Å². The third-order valence-electron chi connectivity index (χ3n) is 5.53. The Balaban J connectivity index is 2.10. The fraction of sp³-hybridized carbons (Fsp3) is 0.619. The molecule has 0 aromatic heterocycles. The molecule has 1 aromatic carbocycles. The number of rotatable bonds is 5. The molecule has 0 aliphatic carbocycles. The molecule has 1 nitrogen and oxygen atoms in total. The summed E-state index contributed by atoms with van der Waals surface area (Å²) >= 11 is 0. The van der Waals surface area contributed by atoms with Gasteiger partial charge in [0.2, 0.25) is 0 Å². The van der Waals surface area contributed by atoms with Crippen molar-refractivity contribution in [3.05, 3.63) is 41.0 Å². The summed E-state index contributed by atoms with van der Waals surface area (Å²) in [5.74, 6) is 0. The van der Waals surface area contributed by atoms with Gasteiger partial charge in [0.05, 0.1) is 0 Å². The first-order chi connectivity index (χ1) is 10.4. The molecule has 1 saturated heterocycles. The lowest BCUT2D eigenvalue weighted by atomic mass is 9.81. The average molecular weight is 300 g/mol. The summed E-state index contributed by atoms with van der Waals surface area (Å²) < 4.78 is 0. The van der Waals surface area contributed by atoms with E-state index < -0.39 is 0 Å². The van der Waals surface area contributed by atoms with Crippen molar-refractivity contribution in [2.24, 2.45) is 0 Å². The average Bonchev–Trinajstić information content (AvgIpc) is 2.55. The Kier molecular flexibility index (Phi) is 5.86. The van der Waals surface area contributed by atoms with Crippen molar-refractivity contribution in [1.29, 1.82) is 0 Å². The van der Waals surface area contributed by atoms with Gasteiger partial charge in [0.1, 0.15) is 0 Å². The molecule has 0 amide bonds. The molecule has 1 heteroatoms. The van der Waals surface area contributed by atoms with Crippen LogP contribution in [0.2, 0.25) is 0 Å². The largest absolute Gasteiger partial charge is 0.299 e. The second-order valence-electron chi connectivity index (χ2n) is 7.56. The van der Waals surface area contributed by atoms with Gasteiger partial charge in [-0.1, -0.05) is 57.0 Å². The van der Waals surface area contributed by atoms with Gasteiger partial charge in [-0.25, -0.2) is 0 Å². The second-order valence-corrected chi connectivity index (χ2v) is 7.56. The maximum Gasteiger partial charge on any atom is 0.0196 e. The van der Waals surface area contributed by atoms with Crippen molar-refractivity contribution < 1.29 is 0 Å². The Morgan fingerprint density at radius 3 is 2.14 bits per heavy atom. The zero-order chi connectivity index (χ0) is 16.2. The SMILES string of the molecule is CCC(C)(C)c1ccc(C(C)=C(C)CN2CCCCC2)cc1. The minimum atomic E-state index is 0.277. The number of piperidine rings is 1. The van der Waals surface area contributed by atoms with Gasteiger partial charge in [-0.15, -0.1) is 0 Å². The van der Waals surface area contributed by atoms with Gasteiger partial charge in [0, 0.05) is 6.54 Å². The van der Waals surface area contributed by atoms with Crippen LogP contribution in [0.25, 0.3) is 5.57 Å². The highest BCUT2D eigenvalue weighted by Crippen LogP contribution is 2.28. The molecular weight excluding hydrogens is 266 g/mol. The molecule has 0 atom stereocenters. The van der Waals surface area contributed by atoms with Crippen molar-refractivity contribution in [3.8, 4) is 0 Å². The predicted molar refractivity (Wildman–Crippen MR) is 98.3 cm³/mol. The van der Waals surface area contributed by atoms with Crippen LogP contribution in [0.5, 0.6) is 0 Å². The van der Waals surface area contributed by atoms with Crippen molar-refractivity contribution in [2.75, 3.05) is 19.6 Å². The molecule has 0 bridgehead atoms. The second kappa shape index (κ2) is 7.46. The van der Waals surface area contributed by atoms with Crippen LogP contribution in [-0.2, 0) is 5.41 Å². The number of benzene rings is 1. The third-order valence-corrected chi connectivity index (χ3v) is 5.53. The minimum absolute atomic E-state index is 0.277. The third kappa shape index (κ3) is 4.23. The van der Waals surface area contributed by atoms with Crippen LogP contribution in [0, 0.1) is 0 Å². The number of nitrogens with zero attached hydrogens (tertiary/aromatic N) is 1. The van der Waals surface area contributed by atoms with Gasteiger partial charge in [-0.05, 0) is 68.3 Å². The first-order valence-corrected chi connectivity index (χ1v) is 8.93. The fourth-order valence-electron chi connectivity index (χ4n) is 3.19. The first-order valence-electron chi connectivity index (χ1n) is 8.93. The molecule has 0 saturated carbocycles. The highest BCUT2D eigenvalue weighted by Gasteiger charge is 2.18. The van der Waals surface area contributed by atoms with E-state index in [1.807, 2.05) is 0 Å². The number of allylic oxidation sites excluding steroid dienone is 1. The lowest BCUT2D eigenvalue weighted by molar-refractivity contribution is 0.247. The zero-order valence-corrected chi connectivity index (χ0v) is 15.2. The smallest absolute Gasteiger partial charge is 0.0196 e. The van der Waals surface area contributed by atoms with Crippen molar-refractivity contribution in [1.82, 2.24) is 4.90 Å². The number of hydrogen-bond acceptors (Lipinski definition) is 1. The molecule has 1 aliphatic heterocycles. The quantitative estimate of drug-likeness (QED) is 0.678. The Labute approximate surface area is 137 Å².